The number of rotatable bonds is 4. The number of nitrogens with one attached hydrogen (secondary N) is 1. The molecule has 2 N–H and O–H groups in total. The van der Waals surface area contributed by atoms with Crippen molar-refractivity contribution in [1.29, 1.82) is 0 Å². The molecule has 0 amide bonds. The Kier molecular flexibility index (Phi) is 4.08. The van der Waals surface area contributed by atoms with E-state index in [1.54, 1.807) is 12.4 Å². The first-order chi connectivity index (χ1) is 12.1. The third-order valence-electron chi connectivity index (χ3n) is 5.21. The lowest BCUT2D eigenvalue weighted by Gasteiger charge is -2.14. The van der Waals surface area contributed by atoms with E-state index < -0.39 is 0 Å². The number of aromatic hydroxyl groups is 1. The van der Waals surface area contributed by atoms with Crippen molar-refractivity contribution < 1.29 is 5.11 Å². The van der Waals surface area contributed by atoms with Gasteiger partial charge in [0.2, 0.25) is 0 Å². The second-order valence-corrected chi connectivity index (χ2v) is 7.45. The molecule has 1 aromatic heterocycles. The summed E-state index contributed by atoms with van der Waals surface area (Å²) in [5, 5.41) is 10.4. The average molecular weight is 332 g/mol. The van der Waals surface area contributed by atoms with E-state index in [9.17, 15) is 5.11 Å². The van der Waals surface area contributed by atoms with Gasteiger partial charge in [0, 0.05) is 23.6 Å². The third-order valence-corrected chi connectivity index (χ3v) is 5.21. The average Bonchev–Trinajstić information content (AvgIpc) is 3.22. The number of aromatic nitrogens is 2. The van der Waals surface area contributed by atoms with Crippen LogP contribution in [-0.4, -0.2) is 15.1 Å². The van der Waals surface area contributed by atoms with Crippen molar-refractivity contribution >= 4 is 0 Å². The number of H-pyrrole nitrogens is 1. The lowest BCUT2D eigenvalue weighted by molar-refractivity contribution is 0.463. The monoisotopic (exact) mass is 332 g/mol. The molecule has 0 saturated heterocycles. The molecule has 128 valence electrons. The summed E-state index contributed by atoms with van der Waals surface area (Å²) in [6.07, 6.45) is 5.78. The highest BCUT2D eigenvalue weighted by molar-refractivity contribution is 5.52. The Morgan fingerprint density at radius 2 is 1.92 bits per heavy atom. The Morgan fingerprint density at radius 3 is 2.64 bits per heavy atom. The molecule has 2 unspecified atom stereocenters. The number of imidazole rings is 1. The van der Waals surface area contributed by atoms with Crippen molar-refractivity contribution in [1.82, 2.24) is 9.97 Å². The first-order valence-electron chi connectivity index (χ1n) is 9.02. The van der Waals surface area contributed by atoms with E-state index >= 15 is 0 Å². The summed E-state index contributed by atoms with van der Waals surface area (Å²) >= 11 is 0. The van der Waals surface area contributed by atoms with E-state index in [0.29, 0.717) is 11.7 Å². The topological polar surface area (TPSA) is 48.9 Å². The molecule has 3 heteroatoms. The van der Waals surface area contributed by atoms with Gasteiger partial charge in [0.15, 0.2) is 0 Å². The van der Waals surface area contributed by atoms with Gasteiger partial charge in [-0.1, -0.05) is 50.2 Å². The number of hydrogen-bond donors (Lipinski definition) is 2. The van der Waals surface area contributed by atoms with Gasteiger partial charge in [-0.2, -0.15) is 0 Å². The van der Waals surface area contributed by atoms with E-state index in [2.05, 4.69) is 42.0 Å². The Labute approximate surface area is 148 Å². The van der Waals surface area contributed by atoms with Gasteiger partial charge in [-0.15, -0.1) is 0 Å². The zero-order valence-corrected chi connectivity index (χ0v) is 14.7. The van der Waals surface area contributed by atoms with Crippen molar-refractivity contribution in [3.05, 3.63) is 82.9 Å². The van der Waals surface area contributed by atoms with Crippen LogP contribution in [0.5, 0.6) is 5.75 Å². The van der Waals surface area contributed by atoms with Crippen LogP contribution in [0.1, 0.15) is 60.1 Å². The minimum absolute atomic E-state index is 0.214. The van der Waals surface area contributed by atoms with Gasteiger partial charge in [0.05, 0.1) is 12.0 Å². The van der Waals surface area contributed by atoms with Crippen molar-refractivity contribution in [3.63, 3.8) is 0 Å². The normalized spacial score (nSPS) is 19.3. The molecule has 4 rings (SSSR count). The van der Waals surface area contributed by atoms with Gasteiger partial charge in [0.1, 0.15) is 5.75 Å². The minimum Gasteiger partial charge on any atom is -0.508 e. The number of phenolic OH excluding ortho intramolecular Hbond substituents is 1. The molecule has 3 nitrogen and oxygen atoms in total. The van der Waals surface area contributed by atoms with Crippen LogP contribution in [0.15, 0.2) is 55.0 Å². The predicted molar refractivity (Wildman–Crippen MR) is 100.0 cm³/mol. The molecule has 25 heavy (non-hydrogen) atoms. The molecule has 0 radical (unpaired) electrons. The Bertz CT molecular complexity index is 867. The van der Waals surface area contributed by atoms with Crippen LogP contribution in [0.25, 0.3) is 0 Å². The molecular formula is C22H24N2O. The third kappa shape index (κ3) is 2.95. The molecule has 0 saturated carbocycles. The molecule has 0 bridgehead atoms. The van der Waals surface area contributed by atoms with Crippen LogP contribution in [0.4, 0.5) is 0 Å². The smallest absolute Gasteiger partial charge is 0.119 e. The fraction of sp³-hybridized carbons (Fsp3) is 0.318. The summed E-state index contributed by atoms with van der Waals surface area (Å²) in [5.41, 5.74) is 6.16. The van der Waals surface area contributed by atoms with Gasteiger partial charge in [-0.05, 0) is 41.5 Å². The van der Waals surface area contributed by atoms with Crippen LogP contribution < -0.4 is 0 Å². The number of aromatic amines is 1. The van der Waals surface area contributed by atoms with Crippen LogP contribution in [0, 0.1) is 5.92 Å². The van der Waals surface area contributed by atoms with E-state index in [0.717, 1.165) is 24.1 Å². The van der Waals surface area contributed by atoms with Gasteiger partial charge in [0.25, 0.3) is 0 Å². The van der Waals surface area contributed by atoms with Gasteiger partial charge in [-0.25, -0.2) is 4.98 Å². The zero-order valence-electron chi connectivity index (χ0n) is 14.7. The summed E-state index contributed by atoms with van der Waals surface area (Å²) in [6, 6.07) is 14.6. The van der Waals surface area contributed by atoms with E-state index in [4.69, 9.17) is 0 Å². The maximum absolute atomic E-state index is 10.4. The fourth-order valence-corrected chi connectivity index (χ4v) is 4.15. The molecule has 0 fully saturated rings. The maximum atomic E-state index is 10.4. The van der Waals surface area contributed by atoms with Crippen LogP contribution in [0.2, 0.25) is 0 Å². The highest BCUT2D eigenvalue weighted by Gasteiger charge is 2.35. The zero-order chi connectivity index (χ0) is 17.4. The second-order valence-electron chi connectivity index (χ2n) is 7.45. The minimum atomic E-state index is 0.214. The van der Waals surface area contributed by atoms with Crippen molar-refractivity contribution in [2.45, 2.75) is 38.5 Å². The molecular weight excluding hydrogens is 308 g/mol. The van der Waals surface area contributed by atoms with Crippen LogP contribution in [0.3, 0.4) is 0 Å². The van der Waals surface area contributed by atoms with Crippen molar-refractivity contribution in [2.24, 2.45) is 5.92 Å². The summed E-state index contributed by atoms with van der Waals surface area (Å²) in [6.45, 7) is 4.51. The quantitative estimate of drug-likeness (QED) is 0.708. The van der Waals surface area contributed by atoms with Gasteiger partial charge in [-0.3, -0.25) is 0 Å². The second kappa shape index (κ2) is 6.40. The largest absolute Gasteiger partial charge is 0.508 e. The SMILES string of the molecule is CC(C)Cc1ccc2c(c1)C(c1c[nH]cn1)CC2c1ccccc1O. The van der Waals surface area contributed by atoms with Crippen LogP contribution in [-0.2, 0) is 6.42 Å². The highest BCUT2D eigenvalue weighted by Crippen LogP contribution is 2.49. The molecule has 0 aliphatic heterocycles. The lowest BCUT2D eigenvalue weighted by atomic mass is 9.91. The summed E-state index contributed by atoms with van der Waals surface area (Å²) in [4.78, 5) is 7.61. The maximum Gasteiger partial charge on any atom is 0.119 e. The molecule has 3 aromatic rings. The standard InChI is InChI=1S/C22H24N2O/c1-14(2)9-15-7-8-16-18(10-15)20(21-12-23-13-24-21)11-19(16)17-5-3-4-6-22(17)25/h3-8,10,12-14,19-20,25H,9,11H2,1-2H3,(H,23,24). The Hall–Kier alpha value is -2.55. The fourth-order valence-electron chi connectivity index (χ4n) is 4.15. The summed E-state index contributed by atoms with van der Waals surface area (Å²) < 4.78 is 0. The number of benzene rings is 2. The van der Waals surface area contributed by atoms with Crippen LogP contribution >= 0.6 is 0 Å². The first-order valence-corrected chi connectivity index (χ1v) is 9.02. The summed E-state index contributed by atoms with van der Waals surface area (Å²) in [5.74, 6) is 1.51. The number of nitrogens with zero attached hydrogens (tertiary/aromatic N) is 1. The van der Waals surface area contributed by atoms with Crippen molar-refractivity contribution in [2.75, 3.05) is 0 Å². The predicted octanol–water partition coefficient (Wildman–Crippen LogP) is 4.98. The number of fused-ring (bicyclic) bond motifs is 1. The highest BCUT2D eigenvalue weighted by atomic mass is 16.3. The van der Waals surface area contributed by atoms with Gasteiger partial charge >= 0.3 is 0 Å². The van der Waals surface area contributed by atoms with Gasteiger partial charge < -0.3 is 10.1 Å². The number of phenols is 1. The first kappa shape index (κ1) is 15.9. The number of hydrogen-bond acceptors (Lipinski definition) is 2. The Morgan fingerprint density at radius 1 is 1.08 bits per heavy atom. The van der Waals surface area contributed by atoms with Crippen molar-refractivity contribution in [3.8, 4) is 5.75 Å². The van der Waals surface area contributed by atoms with E-state index in [1.165, 1.54) is 16.7 Å². The summed E-state index contributed by atoms with van der Waals surface area (Å²) in [7, 11) is 0. The molecule has 2 atom stereocenters. The molecule has 2 aromatic carbocycles. The molecule has 1 heterocycles. The van der Waals surface area contributed by atoms with E-state index in [-0.39, 0.29) is 11.8 Å². The van der Waals surface area contributed by atoms with E-state index in [1.807, 2.05) is 24.4 Å². The lowest BCUT2D eigenvalue weighted by Crippen LogP contribution is -1.99. The molecule has 0 spiro atoms. The number of para-hydroxylation sites is 1. The molecule has 1 aliphatic carbocycles. The Balaban J connectivity index is 1.80. The molecule has 1 aliphatic rings.